The van der Waals surface area contributed by atoms with E-state index >= 15 is 0 Å². The molecule has 2 heterocycles. The Morgan fingerprint density at radius 1 is 1.44 bits per heavy atom. The van der Waals surface area contributed by atoms with E-state index in [9.17, 15) is 4.79 Å². The minimum atomic E-state index is 0.169. The summed E-state index contributed by atoms with van der Waals surface area (Å²) in [4.78, 5) is 18.3. The van der Waals surface area contributed by atoms with E-state index in [4.69, 9.17) is 0 Å². The number of ketones is 1. The molecule has 0 aliphatic carbocycles. The zero-order chi connectivity index (χ0) is 13.0. The van der Waals surface area contributed by atoms with Gasteiger partial charge in [0, 0.05) is 15.5 Å². The third-order valence-corrected chi connectivity index (χ3v) is 5.53. The fraction of sp³-hybridized carbons (Fsp3) is 0.231. The van der Waals surface area contributed by atoms with E-state index in [1.807, 2.05) is 24.3 Å². The van der Waals surface area contributed by atoms with E-state index in [1.54, 1.807) is 17.5 Å². The number of nitrogens with zero attached hydrogens (tertiary/aromatic N) is 1. The van der Waals surface area contributed by atoms with E-state index < -0.39 is 0 Å². The van der Waals surface area contributed by atoms with Gasteiger partial charge in [-0.25, -0.2) is 4.98 Å². The van der Waals surface area contributed by atoms with Crippen LogP contribution >= 0.6 is 39.0 Å². The van der Waals surface area contributed by atoms with Crippen molar-refractivity contribution in [3.63, 3.8) is 0 Å². The van der Waals surface area contributed by atoms with Crippen molar-refractivity contribution in [2.24, 2.45) is 0 Å². The van der Waals surface area contributed by atoms with Gasteiger partial charge in [0.15, 0.2) is 5.78 Å². The second kappa shape index (κ2) is 6.50. The third-order valence-electron chi connectivity index (χ3n) is 2.35. The summed E-state index contributed by atoms with van der Waals surface area (Å²) in [5.74, 6) is 0.599. The lowest BCUT2D eigenvalue weighted by Crippen LogP contribution is -1.99. The highest BCUT2D eigenvalue weighted by atomic mass is 79.9. The predicted octanol–water partition coefficient (Wildman–Crippen LogP) is 4.44. The van der Waals surface area contributed by atoms with E-state index in [2.05, 4.69) is 27.8 Å². The summed E-state index contributed by atoms with van der Waals surface area (Å²) < 4.78 is 0.934. The van der Waals surface area contributed by atoms with Crippen LogP contribution in [0.5, 0.6) is 0 Å². The number of carbonyl (C=O) groups excluding carboxylic acids is 1. The molecule has 0 saturated heterocycles. The van der Waals surface area contributed by atoms with Crippen LogP contribution in [0.25, 0.3) is 0 Å². The summed E-state index contributed by atoms with van der Waals surface area (Å²) in [6, 6.07) is 7.74. The van der Waals surface area contributed by atoms with Crippen LogP contribution < -0.4 is 0 Å². The van der Waals surface area contributed by atoms with Crippen molar-refractivity contribution >= 4 is 44.8 Å². The summed E-state index contributed by atoms with van der Waals surface area (Å²) >= 11 is 6.48. The molecule has 0 aliphatic heterocycles. The number of halogens is 1. The lowest BCUT2D eigenvalue weighted by Gasteiger charge is -2.01. The van der Waals surface area contributed by atoms with E-state index in [-0.39, 0.29) is 5.78 Å². The van der Waals surface area contributed by atoms with Crippen LogP contribution in [0.4, 0.5) is 0 Å². The van der Waals surface area contributed by atoms with Gasteiger partial charge in [-0.1, -0.05) is 18.7 Å². The minimum absolute atomic E-state index is 0.169. The van der Waals surface area contributed by atoms with Crippen LogP contribution in [0.2, 0.25) is 0 Å². The number of aryl methyl sites for hydroxylation is 1. The van der Waals surface area contributed by atoms with Crippen LogP contribution in [0.15, 0.2) is 40.0 Å². The highest BCUT2D eigenvalue weighted by Crippen LogP contribution is 2.26. The molecule has 0 bridgehead atoms. The molecule has 18 heavy (non-hydrogen) atoms. The van der Waals surface area contributed by atoms with Crippen molar-refractivity contribution in [3.8, 4) is 0 Å². The van der Waals surface area contributed by atoms with Crippen molar-refractivity contribution in [2.75, 3.05) is 5.75 Å². The molecular weight excluding hydrogens is 330 g/mol. The average molecular weight is 342 g/mol. The Kier molecular flexibility index (Phi) is 4.97. The Morgan fingerprint density at radius 2 is 2.28 bits per heavy atom. The molecule has 2 rings (SSSR count). The van der Waals surface area contributed by atoms with Crippen molar-refractivity contribution < 1.29 is 4.79 Å². The van der Waals surface area contributed by atoms with Crippen molar-refractivity contribution in [3.05, 3.63) is 44.7 Å². The number of thiophene rings is 1. The van der Waals surface area contributed by atoms with Gasteiger partial charge in [0.2, 0.25) is 0 Å². The van der Waals surface area contributed by atoms with Gasteiger partial charge in [0.05, 0.1) is 10.6 Å². The smallest absolute Gasteiger partial charge is 0.183 e. The Labute approximate surface area is 123 Å². The Hall–Kier alpha value is -0.650. The van der Waals surface area contributed by atoms with Gasteiger partial charge in [-0.15, -0.1) is 11.3 Å². The molecule has 5 heteroatoms. The molecule has 0 fully saturated rings. The van der Waals surface area contributed by atoms with Crippen LogP contribution in [0, 0.1) is 0 Å². The highest BCUT2D eigenvalue weighted by Gasteiger charge is 2.11. The first-order chi connectivity index (χ1) is 8.70. The first-order valence-corrected chi connectivity index (χ1v) is 8.15. The second-order valence-corrected chi connectivity index (χ2v) is 6.61. The molecule has 2 nitrogen and oxygen atoms in total. The molecule has 0 aromatic carbocycles. The summed E-state index contributed by atoms with van der Waals surface area (Å²) in [6.45, 7) is 2.10. The van der Waals surface area contributed by atoms with Crippen molar-refractivity contribution in [2.45, 2.75) is 18.4 Å². The quantitative estimate of drug-likeness (QED) is 0.594. The number of thioether (sulfide) groups is 1. The van der Waals surface area contributed by atoms with Gasteiger partial charge in [0.25, 0.3) is 0 Å². The van der Waals surface area contributed by atoms with Gasteiger partial charge >= 0.3 is 0 Å². The largest absolute Gasteiger partial charge is 0.292 e. The molecule has 0 aliphatic rings. The predicted molar refractivity (Wildman–Crippen MR) is 80.7 cm³/mol. The number of hydrogen-bond acceptors (Lipinski definition) is 4. The van der Waals surface area contributed by atoms with Gasteiger partial charge in [0.1, 0.15) is 5.03 Å². The summed E-state index contributed by atoms with van der Waals surface area (Å²) in [5.41, 5.74) is 0. The first kappa shape index (κ1) is 13.8. The van der Waals surface area contributed by atoms with Gasteiger partial charge in [-0.05, 0) is 46.6 Å². The van der Waals surface area contributed by atoms with E-state index in [0.717, 1.165) is 20.8 Å². The summed E-state index contributed by atoms with van der Waals surface area (Å²) in [6.07, 6.45) is 2.72. The maximum Gasteiger partial charge on any atom is 0.183 e. The van der Waals surface area contributed by atoms with Crippen molar-refractivity contribution in [1.29, 1.82) is 0 Å². The molecule has 0 saturated carbocycles. The Morgan fingerprint density at radius 3 is 2.94 bits per heavy atom. The first-order valence-electron chi connectivity index (χ1n) is 5.56. The molecule has 0 N–H and O–H groups in total. The van der Waals surface area contributed by atoms with E-state index in [1.165, 1.54) is 16.6 Å². The number of hydrogen-bond donors (Lipinski definition) is 0. The molecule has 0 atom stereocenters. The second-order valence-electron chi connectivity index (χ2n) is 3.62. The third kappa shape index (κ3) is 3.43. The molecule has 0 radical (unpaired) electrons. The number of carbonyl (C=O) groups is 1. The van der Waals surface area contributed by atoms with Crippen LogP contribution in [-0.4, -0.2) is 16.5 Å². The number of pyridine rings is 1. The Bertz CT molecular complexity index is 553. The molecule has 94 valence electrons. The molecular formula is C13H12BrNOS2. The fourth-order valence-electron chi connectivity index (χ4n) is 1.40. The molecule has 0 spiro atoms. The number of Topliss-reactive ketones (excluding diaryl/α,β-unsaturated/α-hetero) is 1. The molecule has 2 aromatic rings. The SMILES string of the molecule is CCc1ccc(C(=O)CSc2ncccc2Br)s1. The van der Waals surface area contributed by atoms with Gasteiger partial charge < -0.3 is 0 Å². The molecule has 0 amide bonds. The van der Waals surface area contributed by atoms with E-state index in [0.29, 0.717) is 5.75 Å². The minimum Gasteiger partial charge on any atom is -0.292 e. The lowest BCUT2D eigenvalue weighted by molar-refractivity contribution is 0.102. The van der Waals surface area contributed by atoms with Crippen molar-refractivity contribution in [1.82, 2.24) is 4.98 Å². The van der Waals surface area contributed by atoms with Crippen LogP contribution in [-0.2, 0) is 6.42 Å². The standard InChI is InChI=1S/C13H12BrNOS2/c1-2-9-5-6-12(18-9)11(16)8-17-13-10(14)4-3-7-15-13/h3-7H,2,8H2,1H3. The zero-order valence-electron chi connectivity index (χ0n) is 9.85. The fourth-order valence-corrected chi connectivity index (χ4v) is 3.74. The Balaban J connectivity index is 1.98. The van der Waals surface area contributed by atoms with Crippen LogP contribution in [0.3, 0.4) is 0 Å². The van der Waals surface area contributed by atoms with Gasteiger partial charge in [-0.2, -0.15) is 0 Å². The van der Waals surface area contributed by atoms with Crippen LogP contribution in [0.1, 0.15) is 21.5 Å². The topological polar surface area (TPSA) is 30.0 Å². The summed E-state index contributed by atoms with van der Waals surface area (Å²) in [7, 11) is 0. The number of aromatic nitrogens is 1. The highest BCUT2D eigenvalue weighted by molar-refractivity contribution is 9.10. The maximum atomic E-state index is 12.0. The maximum absolute atomic E-state index is 12.0. The average Bonchev–Trinajstić information content (AvgIpc) is 2.86. The lowest BCUT2D eigenvalue weighted by atomic mass is 10.3. The monoisotopic (exact) mass is 341 g/mol. The summed E-state index contributed by atoms with van der Waals surface area (Å²) in [5, 5.41) is 0.859. The molecule has 2 aromatic heterocycles. The molecule has 0 unspecified atom stereocenters. The normalized spacial score (nSPS) is 10.6. The number of rotatable bonds is 5. The van der Waals surface area contributed by atoms with Gasteiger partial charge in [-0.3, -0.25) is 4.79 Å². The zero-order valence-corrected chi connectivity index (χ0v) is 13.1.